The summed E-state index contributed by atoms with van der Waals surface area (Å²) in [5.74, 6) is 1.44. The van der Waals surface area contributed by atoms with Gasteiger partial charge in [-0.05, 0) is 34.1 Å². The van der Waals surface area contributed by atoms with Crippen molar-refractivity contribution in [3.63, 3.8) is 0 Å². The number of nitrogen functional groups attached to an aromatic ring is 2. The number of aromatic nitrogens is 4. The quantitative estimate of drug-likeness (QED) is 0.749. The van der Waals surface area contributed by atoms with Crippen LogP contribution in [0.4, 0.5) is 11.6 Å². The van der Waals surface area contributed by atoms with E-state index in [0.717, 1.165) is 17.7 Å². The van der Waals surface area contributed by atoms with Crippen molar-refractivity contribution in [2.24, 2.45) is 0 Å². The standard InChI is InChI=1S/C8H8ClN3O.C4H3BrClN3/c9-7-4-5(8(10)12-11-7)6-2-1-3-13-6;5-2-1-3(6)8-9-4(2)7/h2,4H,1,3H2,(H2,10,12);1H,(H2,7,9). The van der Waals surface area contributed by atoms with Gasteiger partial charge in [0.1, 0.15) is 5.76 Å². The van der Waals surface area contributed by atoms with Gasteiger partial charge < -0.3 is 16.2 Å². The summed E-state index contributed by atoms with van der Waals surface area (Å²) < 4.78 is 6.00. The number of hydrogen-bond acceptors (Lipinski definition) is 7. The maximum Gasteiger partial charge on any atom is 0.160 e. The van der Waals surface area contributed by atoms with Crippen LogP contribution in [-0.2, 0) is 4.74 Å². The molecule has 0 saturated carbocycles. The SMILES string of the molecule is Nc1nnc(Cl)cc1Br.Nc1nnc(Cl)cc1C1=CCCO1. The zero-order valence-corrected chi connectivity index (χ0v) is 14.2. The second-order valence-electron chi connectivity index (χ2n) is 4.07. The Kier molecular flexibility index (Phi) is 5.76. The van der Waals surface area contributed by atoms with Crippen LogP contribution < -0.4 is 11.5 Å². The number of hydrogen-bond donors (Lipinski definition) is 2. The van der Waals surface area contributed by atoms with Crippen LogP contribution in [0.5, 0.6) is 0 Å². The molecule has 0 amide bonds. The largest absolute Gasteiger partial charge is 0.493 e. The van der Waals surface area contributed by atoms with E-state index in [9.17, 15) is 0 Å². The molecule has 2 aromatic heterocycles. The highest BCUT2D eigenvalue weighted by atomic mass is 79.9. The average Bonchev–Trinajstić information content (AvgIpc) is 3.01. The van der Waals surface area contributed by atoms with Gasteiger partial charge in [0, 0.05) is 6.42 Å². The average molecular weight is 406 g/mol. The number of rotatable bonds is 1. The van der Waals surface area contributed by atoms with Crippen LogP contribution in [0.25, 0.3) is 5.76 Å². The lowest BCUT2D eigenvalue weighted by Gasteiger charge is -2.05. The molecule has 0 radical (unpaired) electrons. The van der Waals surface area contributed by atoms with Crippen molar-refractivity contribution < 1.29 is 4.74 Å². The minimum absolute atomic E-state index is 0.320. The van der Waals surface area contributed by atoms with Gasteiger partial charge >= 0.3 is 0 Å². The third kappa shape index (κ3) is 4.43. The van der Waals surface area contributed by atoms with Gasteiger partial charge in [0.2, 0.25) is 0 Å². The Labute approximate surface area is 144 Å². The summed E-state index contributed by atoms with van der Waals surface area (Å²) in [6.45, 7) is 0.689. The molecule has 2 aromatic rings. The highest BCUT2D eigenvalue weighted by molar-refractivity contribution is 9.10. The zero-order chi connectivity index (χ0) is 16.1. The summed E-state index contributed by atoms with van der Waals surface area (Å²) in [4.78, 5) is 0. The molecule has 10 heteroatoms. The summed E-state index contributed by atoms with van der Waals surface area (Å²) in [7, 11) is 0. The second kappa shape index (κ2) is 7.57. The van der Waals surface area contributed by atoms with Gasteiger partial charge in [-0.2, -0.15) is 0 Å². The van der Waals surface area contributed by atoms with Crippen molar-refractivity contribution in [1.29, 1.82) is 0 Å². The molecule has 0 unspecified atom stereocenters. The number of ether oxygens (including phenoxy) is 1. The summed E-state index contributed by atoms with van der Waals surface area (Å²) in [5, 5.41) is 15.0. The Morgan fingerprint density at radius 3 is 2.18 bits per heavy atom. The normalized spacial score (nSPS) is 13.0. The van der Waals surface area contributed by atoms with Crippen molar-refractivity contribution >= 4 is 56.5 Å². The molecule has 1 aliphatic heterocycles. The van der Waals surface area contributed by atoms with Gasteiger partial charge in [-0.1, -0.05) is 23.2 Å². The smallest absolute Gasteiger partial charge is 0.160 e. The molecular formula is C12H11BrCl2N6O. The summed E-state index contributed by atoms with van der Waals surface area (Å²) in [6.07, 6.45) is 2.86. The first-order valence-corrected chi connectivity index (χ1v) is 7.58. The van der Waals surface area contributed by atoms with E-state index in [4.69, 9.17) is 39.4 Å². The summed E-state index contributed by atoms with van der Waals surface area (Å²) >= 11 is 14.3. The first kappa shape index (κ1) is 16.7. The van der Waals surface area contributed by atoms with Gasteiger partial charge in [0.25, 0.3) is 0 Å². The third-order valence-electron chi connectivity index (χ3n) is 2.51. The lowest BCUT2D eigenvalue weighted by Crippen LogP contribution is -1.99. The number of anilines is 2. The van der Waals surface area contributed by atoms with Crippen LogP contribution >= 0.6 is 39.1 Å². The van der Waals surface area contributed by atoms with E-state index in [-0.39, 0.29) is 0 Å². The molecule has 0 aliphatic carbocycles. The maximum absolute atomic E-state index is 5.68. The maximum atomic E-state index is 5.68. The van der Waals surface area contributed by atoms with E-state index in [2.05, 4.69) is 36.3 Å². The fourth-order valence-electron chi connectivity index (χ4n) is 1.54. The van der Waals surface area contributed by atoms with Gasteiger partial charge in [0.15, 0.2) is 21.9 Å². The number of halogens is 3. The van der Waals surface area contributed by atoms with Gasteiger partial charge in [-0.15, -0.1) is 20.4 Å². The van der Waals surface area contributed by atoms with E-state index in [0.29, 0.717) is 33.0 Å². The van der Waals surface area contributed by atoms with E-state index in [1.165, 1.54) is 0 Å². The Balaban J connectivity index is 0.000000172. The highest BCUT2D eigenvalue weighted by Crippen LogP contribution is 2.26. The topological polar surface area (TPSA) is 113 Å². The molecule has 3 rings (SSSR count). The van der Waals surface area contributed by atoms with Crippen molar-refractivity contribution in [3.05, 3.63) is 38.6 Å². The highest BCUT2D eigenvalue weighted by Gasteiger charge is 2.13. The molecule has 1 aliphatic rings. The molecule has 0 atom stereocenters. The first-order valence-electron chi connectivity index (χ1n) is 6.03. The Morgan fingerprint density at radius 1 is 1.00 bits per heavy atom. The predicted octanol–water partition coefficient (Wildman–Crippen LogP) is 2.95. The minimum atomic E-state index is 0.320. The molecule has 4 N–H and O–H groups in total. The van der Waals surface area contributed by atoms with Crippen LogP contribution in [0.1, 0.15) is 12.0 Å². The third-order valence-corrected chi connectivity index (χ3v) is 3.51. The molecule has 22 heavy (non-hydrogen) atoms. The van der Waals surface area contributed by atoms with Gasteiger partial charge in [0.05, 0.1) is 16.6 Å². The molecule has 3 heterocycles. The van der Waals surface area contributed by atoms with E-state index in [1.54, 1.807) is 12.1 Å². The Hall–Kier alpha value is -1.64. The van der Waals surface area contributed by atoms with Crippen molar-refractivity contribution in [1.82, 2.24) is 20.4 Å². The number of nitrogens with two attached hydrogens (primary N) is 2. The van der Waals surface area contributed by atoms with Crippen LogP contribution in [0, 0.1) is 0 Å². The molecule has 0 bridgehead atoms. The van der Waals surface area contributed by atoms with Crippen LogP contribution in [-0.4, -0.2) is 27.0 Å². The van der Waals surface area contributed by atoms with Crippen molar-refractivity contribution in [2.75, 3.05) is 18.1 Å². The molecule has 0 aromatic carbocycles. The minimum Gasteiger partial charge on any atom is -0.493 e. The Bertz CT molecular complexity index is 712. The monoisotopic (exact) mass is 404 g/mol. The fraction of sp³-hybridized carbons (Fsp3) is 0.167. The van der Waals surface area contributed by atoms with E-state index >= 15 is 0 Å². The van der Waals surface area contributed by atoms with Crippen molar-refractivity contribution in [2.45, 2.75) is 6.42 Å². The second-order valence-corrected chi connectivity index (χ2v) is 5.70. The fourth-order valence-corrected chi connectivity index (χ4v) is 2.26. The number of nitrogens with zero attached hydrogens (tertiary/aromatic N) is 4. The van der Waals surface area contributed by atoms with Crippen LogP contribution in [0.15, 0.2) is 22.7 Å². The lowest BCUT2D eigenvalue weighted by atomic mass is 10.2. The molecule has 0 saturated heterocycles. The van der Waals surface area contributed by atoms with Crippen LogP contribution in [0.2, 0.25) is 10.3 Å². The van der Waals surface area contributed by atoms with Crippen molar-refractivity contribution in [3.8, 4) is 0 Å². The molecule has 116 valence electrons. The van der Waals surface area contributed by atoms with Gasteiger partial charge in [-0.25, -0.2) is 0 Å². The zero-order valence-electron chi connectivity index (χ0n) is 11.1. The first-order chi connectivity index (χ1) is 10.5. The van der Waals surface area contributed by atoms with E-state index < -0.39 is 0 Å². The predicted molar refractivity (Wildman–Crippen MR) is 89.2 cm³/mol. The molecule has 0 fully saturated rings. The molecular weight excluding hydrogens is 395 g/mol. The molecule has 7 nitrogen and oxygen atoms in total. The Morgan fingerprint density at radius 2 is 1.64 bits per heavy atom. The summed E-state index contributed by atoms with van der Waals surface area (Å²) in [5.41, 5.74) is 11.6. The van der Waals surface area contributed by atoms with E-state index in [1.807, 2.05) is 6.08 Å². The summed E-state index contributed by atoms with van der Waals surface area (Å²) in [6, 6.07) is 3.24. The molecule has 0 spiro atoms. The van der Waals surface area contributed by atoms with Gasteiger partial charge in [-0.3, -0.25) is 0 Å². The van der Waals surface area contributed by atoms with Crippen LogP contribution in [0.3, 0.4) is 0 Å². The lowest BCUT2D eigenvalue weighted by molar-refractivity contribution is 0.307.